The molecule has 5 N–H and O–H groups in total. The van der Waals surface area contributed by atoms with E-state index in [-0.39, 0.29) is 23.7 Å². The molecule has 2 aromatic rings. The molecule has 14 heteroatoms. The van der Waals surface area contributed by atoms with Gasteiger partial charge in [0, 0.05) is 24.0 Å². The molecule has 0 spiro atoms. The van der Waals surface area contributed by atoms with Crippen LogP contribution in [0.3, 0.4) is 0 Å². The Morgan fingerprint density at radius 2 is 1.58 bits per heavy atom. The van der Waals surface area contributed by atoms with Gasteiger partial charge in [0.25, 0.3) is 0 Å². The van der Waals surface area contributed by atoms with Gasteiger partial charge in [0.2, 0.25) is 17.6 Å². The molecule has 13 nitrogen and oxygen atoms in total. The average molecular weight is 718 g/mol. The Morgan fingerprint density at radius 1 is 0.940 bits per heavy atom. The van der Waals surface area contributed by atoms with Gasteiger partial charge in [-0.25, -0.2) is 4.98 Å². The fraction of sp³-hybridized carbons (Fsp3) is 0.667. The molecule has 278 valence electrons. The highest BCUT2D eigenvalue weighted by Gasteiger charge is 2.50. The highest BCUT2D eigenvalue weighted by Crippen LogP contribution is 2.41. The van der Waals surface area contributed by atoms with Crippen LogP contribution in [0.1, 0.15) is 79.0 Å². The number of likely N-dealkylation sites (N-methyl/N-ethyl adjacent to an activating group) is 1. The summed E-state index contributed by atoms with van der Waals surface area (Å²) in [5.41, 5.74) is 10.9. The molecule has 4 rings (SSSR count). The van der Waals surface area contributed by atoms with E-state index < -0.39 is 17.4 Å². The van der Waals surface area contributed by atoms with Gasteiger partial charge in [0.1, 0.15) is 28.6 Å². The Bertz CT molecular complexity index is 1360. The van der Waals surface area contributed by atoms with Crippen LogP contribution in [0.2, 0.25) is 0 Å². The van der Waals surface area contributed by atoms with Crippen LogP contribution in [-0.4, -0.2) is 113 Å². The molecule has 1 unspecified atom stereocenters. The summed E-state index contributed by atoms with van der Waals surface area (Å²) in [5.74, 6) is -0.751. The van der Waals surface area contributed by atoms with E-state index in [2.05, 4.69) is 5.32 Å². The number of likely N-dealkylation sites (tertiary alicyclic amines) is 1. The van der Waals surface area contributed by atoms with E-state index in [1.165, 1.54) is 11.3 Å². The van der Waals surface area contributed by atoms with Crippen LogP contribution in [0.15, 0.2) is 29.6 Å². The first-order valence-electron chi connectivity index (χ1n) is 17.8. The predicted octanol–water partition coefficient (Wildman–Crippen LogP) is 3.10. The van der Waals surface area contributed by atoms with Crippen molar-refractivity contribution in [2.24, 2.45) is 23.3 Å². The second kappa shape index (κ2) is 20.8. The summed E-state index contributed by atoms with van der Waals surface area (Å²) in [6, 6.07) is 6.75. The zero-order valence-electron chi connectivity index (χ0n) is 29.6. The van der Waals surface area contributed by atoms with Crippen LogP contribution in [0, 0.1) is 11.8 Å². The quantitative estimate of drug-likeness (QED) is 0.114. The summed E-state index contributed by atoms with van der Waals surface area (Å²) in [4.78, 5) is 47.2. The van der Waals surface area contributed by atoms with E-state index in [1.807, 2.05) is 4.90 Å². The van der Waals surface area contributed by atoms with E-state index in [0.29, 0.717) is 89.6 Å². The first kappa shape index (κ1) is 39.8. The van der Waals surface area contributed by atoms with Crippen molar-refractivity contribution in [1.82, 2.24) is 15.2 Å². The number of primary amides is 1. The van der Waals surface area contributed by atoms with Gasteiger partial charge in [-0.1, -0.05) is 31.4 Å². The number of thiazole rings is 1. The number of benzene rings is 1. The minimum atomic E-state index is -1.17. The maximum atomic E-state index is 14.3. The van der Waals surface area contributed by atoms with E-state index in [0.717, 1.165) is 50.0 Å². The number of nitrogens with two attached hydrogens (primary N) is 2. The van der Waals surface area contributed by atoms with Crippen molar-refractivity contribution in [2.45, 2.75) is 63.5 Å². The molecule has 1 saturated heterocycles. The molecule has 0 bridgehead atoms. The van der Waals surface area contributed by atoms with Gasteiger partial charge in [-0.15, -0.1) is 11.3 Å². The van der Waals surface area contributed by atoms with Crippen LogP contribution < -0.4 is 21.5 Å². The van der Waals surface area contributed by atoms with E-state index in [4.69, 9.17) is 40.1 Å². The molecule has 2 aliphatic rings. The number of ketones is 1. The molecule has 1 aromatic carbocycles. The lowest BCUT2D eigenvalue weighted by molar-refractivity contribution is -0.147. The van der Waals surface area contributed by atoms with Crippen molar-refractivity contribution in [1.29, 1.82) is 0 Å². The maximum absolute atomic E-state index is 14.3. The molecule has 1 aliphatic carbocycles. The molecular weight excluding hydrogens is 662 g/mol. The number of rotatable bonds is 23. The third-order valence-corrected chi connectivity index (χ3v) is 10.5. The Morgan fingerprint density at radius 3 is 2.20 bits per heavy atom. The van der Waals surface area contributed by atoms with Crippen LogP contribution >= 0.6 is 11.3 Å². The lowest BCUT2D eigenvalue weighted by Gasteiger charge is -2.42. The predicted molar refractivity (Wildman–Crippen MR) is 190 cm³/mol. The maximum Gasteiger partial charge on any atom is 0.238 e. The van der Waals surface area contributed by atoms with E-state index in [9.17, 15) is 14.4 Å². The van der Waals surface area contributed by atoms with E-state index >= 15 is 0 Å². The smallest absolute Gasteiger partial charge is 0.238 e. The van der Waals surface area contributed by atoms with Crippen molar-refractivity contribution in [2.75, 3.05) is 79.6 Å². The molecule has 1 aromatic heterocycles. The SMILES string of the molecule is CNC(C)(C(N)=O)[C@@H](C(=O)N1CCC[C@H]1c1nc(C(=O)c2cccc(OCCOCCOCCOCCOCCN)c2)cs1)C1CCCCC1. The lowest BCUT2D eigenvalue weighted by Crippen LogP contribution is -2.63. The van der Waals surface area contributed by atoms with Crippen molar-refractivity contribution in [3.05, 3.63) is 45.9 Å². The van der Waals surface area contributed by atoms with Crippen molar-refractivity contribution >= 4 is 28.9 Å². The number of hydrogen-bond acceptors (Lipinski definition) is 12. The monoisotopic (exact) mass is 717 g/mol. The highest BCUT2D eigenvalue weighted by atomic mass is 32.1. The standard InChI is InChI=1S/C36H55N5O8S/c1-36(39-2,35(38)44)31(26-8-4-3-5-9-26)34(43)41-14-7-12-30(41)33-40-29(25-50-33)32(42)27-10-6-11-28(24-27)49-23-22-48-21-20-47-19-18-46-17-16-45-15-13-37/h6,10-11,24-26,30-31,39H,3-5,7-9,12-23,37H2,1-2H3,(H2,38,44)/t30-,31+,36?/m0/s1. The number of ether oxygens (including phenoxy) is 5. The Hall–Kier alpha value is -2.98. The number of carbonyl (C=O) groups is 3. The third kappa shape index (κ3) is 11.0. The lowest BCUT2D eigenvalue weighted by atomic mass is 9.69. The number of nitrogens with zero attached hydrogens (tertiary/aromatic N) is 2. The van der Waals surface area contributed by atoms with Gasteiger partial charge in [-0.2, -0.15) is 0 Å². The number of nitrogens with one attached hydrogen (secondary N) is 1. The van der Waals surface area contributed by atoms with Gasteiger partial charge in [-0.05, 0) is 57.7 Å². The third-order valence-electron chi connectivity index (χ3n) is 9.59. The average Bonchev–Trinajstić information content (AvgIpc) is 3.83. The van der Waals surface area contributed by atoms with Crippen LogP contribution in [0.4, 0.5) is 0 Å². The van der Waals surface area contributed by atoms with Crippen molar-refractivity contribution in [3.8, 4) is 5.75 Å². The second-order valence-corrected chi connectivity index (χ2v) is 13.8. The molecule has 1 saturated carbocycles. The van der Waals surface area contributed by atoms with Gasteiger partial charge < -0.3 is 45.4 Å². The molecule has 1 aliphatic heterocycles. The van der Waals surface area contributed by atoms with Gasteiger partial charge in [0.15, 0.2) is 0 Å². The Labute approximate surface area is 299 Å². The minimum Gasteiger partial charge on any atom is -0.491 e. The molecule has 3 atom stereocenters. The van der Waals surface area contributed by atoms with Crippen LogP contribution in [0.5, 0.6) is 5.75 Å². The molecule has 0 radical (unpaired) electrons. The zero-order valence-corrected chi connectivity index (χ0v) is 30.4. The largest absolute Gasteiger partial charge is 0.491 e. The summed E-state index contributed by atoms with van der Waals surface area (Å²) in [7, 11) is 1.70. The molecule has 2 heterocycles. The summed E-state index contributed by atoms with van der Waals surface area (Å²) in [5, 5.41) is 5.58. The van der Waals surface area contributed by atoms with Crippen molar-refractivity contribution in [3.63, 3.8) is 0 Å². The first-order chi connectivity index (χ1) is 24.3. The van der Waals surface area contributed by atoms with E-state index in [1.54, 1.807) is 43.6 Å². The number of aromatic nitrogens is 1. The van der Waals surface area contributed by atoms with Crippen LogP contribution in [0.25, 0.3) is 0 Å². The second-order valence-electron chi connectivity index (χ2n) is 12.9. The highest BCUT2D eigenvalue weighted by molar-refractivity contribution is 7.10. The number of hydrogen-bond donors (Lipinski definition) is 3. The summed E-state index contributed by atoms with van der Waals surface area (Å²) < 4.78 is 27.5. The normalized spacial score (nSPS) is 18.5. The van der Waals surface area contributed by atoms with Crippen molar-refractivity contribution < 1.29 is 38.1 Å². The Balaban J connectivity index is 1.27. The summed E-state index contributed by atoms with van der Waals surface area (Å²) in [6.45, 7) is 6.92. The number of amides is 2. The first-order valence-corrected chi connectivity index (χ1v) is 18.7. The molecule has 2 amide bonds. The fourth-order valence-electron chi connectivity index (χ4n) is 6.77. The van der Waals surface area contributed by atoms with Gasteiger partial charge in [0.05, 0.1) is 64.8 Å². The minimum absolute atomic E-state index is 0.0645. The summed E-state index contributed by atoms with van der Waals surface area (Å²) >= 11 is 1.39. The Kier molecular flexibility index (Phi) is 16.5. The summed E-state index contributed by atoms with van der Waals surface area (Å²) in [6.07, 6.45) is 6.56. The number of carbonyl (C=O) groups excluding carboxylic acids is 3. The topological polar surface area (TPSA) is 178 Å². The molecule has 2 fully saturated rings. The van der Waals surface area contributed by atoms with Crippen LogP contribution in [-0.2, 0) is 28.5 Å². The van der Waals surface area contributed by atoms with Gasteiger partial charge >= 0.3 is 0 Å². The fourth-order valence-corrected chi connectivity index (χ4v) is 7.71. The zero-order chi connectivity index (χ0) is 35.8. The van der Waals surface area contributed by atoms with Gasteiger partial charge in [-0.3, -0.25) is 14.4 Å². The molecule has 50 heavy (non-hydrogen) atoms. The molecular formula is C36H55N5O8S.